The van der Waals surface area contributed by atoms with Crippen LogP contribution in [0.25, 0.3) is 10.8 Å². The predicted octanol–water partition coefficient (Wildman–Crippen LogP) is 4.52. The van der Waals surface area contributed by atoms with Gasteiger partial charge in [-0.25, -0.2) is 0 Å². The maximum atomic E-state index is 13.0. The number of benzene rings is 2. The first-order valence-electron chi connectivity index (χ1n) is 8.13. The Bertz CT molecular complexity index is 769. The Morgan fingerprint density at radius 2 is 1.55 bits per heavy atom. The molecule has 4 rings (SSSR count). The van der Waals surface area contributed by atoms with Gasteiger partial charge in [0.2, 0.25) is 5.30 Å². The molecule has 2 N–H and O–H groups in total. The van der Waals surface area contributed by atoms with Gasteiger partial charge in [0, 0.05) is 16.7 Å². The van der Waals surface area contributed by atoms with Gasteiger partial charge in [0.25, 0.3) is 0 Å². The van der Waals surface area contributed by atoms with Crippen LogP contribution in [0.15, 0.2) is 24.3 Å². The summed E-state index contributed by atoms with van der Waals surface area (Å²) in [6.45, 7) is 0. The molecule has 0 saturated heterocycles. The van der Waals surface area contributed by atoms with Crippen LogP contribution in [0.1, 0.15) is 50.0 Å². The van der Waals surface area contributed by atoms with Gasteiger partial charge in [-0.1, -0.05) is 48.1 Å². The standard InChI is InChI=1S/C18H19O3P/c19-16-11-7-5-6-8-12(11)17(20)18-15(16)13-9-3-1-2-4-10-14(13)22(18)21/h5-8,13-14H,1-4,9-10H2,(H-,19,20,21)/p+1. The van der Waals surface area contributed by atoms with Crippen molar-refractivity contribution in [3.05, 3.63) is 29.8 Å². The zero-order valence-corrected chi connectivity index (χ0v) is 13.4. The van der Waals surface area contributed by atoms with E-state index < -0.39 is 7.80 Å². The monoisotopic (exact) mass is 315 g/mol. The number of hydrogen-bond acceptors (Lipinski definition) is 3. The van der Waals surface area contributed by atoms with E-state index in [0.717, 1.165) is 31.2 Å². The third-order valence-electron chi connectivity index (χ3n) is 5.29. The Hall–Kier alpha value is -1.60. The summed E-state index contributed by atoms with van der Waals surface area (Å²) in [7, 11) is -1.64. The second kappa shape index (κ2) is 5.24. The summed E-state index contributed by atoms with van der Waals surface area (Å²) < 4.78 is 13.0. The van der Waals surface area contributed by atoms with Gasteiger partial charge in [-0.3, -0.25) is 0 Å². The molecule has 0 aromatic heterocycles. The average molecular weight is 315 g/mol. The largest absolute Gasteiger partial charge is 0.507 e. The molecule has 2 aromatic carbocycles. The van der Waals surface area contributed by atoms with Gasteiger partial charge in [0.15, 0.2) is 11.4 Å². The lowest BCUT2D eigenvalue weighted by atomic mass is 9.84. The number of rotatable bonds is 0. The molecule has 2 aliphatic rings. The highest BCUT2D eigenvalue weighted by atomic mass is 31.1. The highest BCUT2D eigenvalue weighted by molar-refractivity contribution is 7.55. The van der Waals surface area contributed by atoms with Crippen molar-refractivity contribution in [3.63, 3.8) is 0 Å². The van der Waals surface area contributed by atoms with Crippen LogP contribution in [0, 0.1) is 0 Å². The lowest BCUT2D eigenvalue weighted by molar-refractivity contribution is 0.433. The van der Waals surface area contributed by atoms with Crippen LogP contribution in [0.4, 0.5) is 0 Å². The van der Waals surface area contributed by atoms with Crippen LogP contribution in [0.3, 0.4) is 0 Å². The van der Waals surface area contributed by atoms with E-state index in [1.807, 2.05) is 18.2 Å². The van der Waals surface area contributed by atoms with Crippen molar-refractivity contribution in [3.8, 4) is 11.5 Å². The van der Waals surface area contributed by atoms with E-state index in [-0.39, 0.29) is 23.1 Å². The maximum absolute atomic E-state index is 13.0. The van der Waals surface area contributed by atoms with Crippen molar-refractivity contribution in [2.24, 2.45) is 0 Å². The molecule has 3 nitrogen and oxygen atoms in total. The van der Waals surface area contributed by atoms with Crippen molar-refractivity contribution in [1.29, 1.82) is 0 Å². The number of phenolic OH excluding ortho intramolecular Hbond substituents is 2. The molecule has 1 aliphatic carbocycles. The van der Waals surface area contributed by atoms with Crippen molar-refractivity contribution in [1.82, 2.24) is 0 Å². The fraction of sp³-hybridized carbons (Fsp3) is 0.444. The van der Waals surface area contributed by atoms with E-state index in [1.54, 1.807) is 6.07 Å². The van der Waals surface area contributed by atoms with Gasteiger partial charge in [0.05, 0.1) is 5.56 Å². The molecule has 0 spiro atoms. The summed E-state index contributed by atoms with van der Waals surface area (Å²) in [5, 5.41) is 23.2. The molecule has 3 atom stereocenters. The van der Waals surface area contributed by atoms with Crippen LogP contribution in [0.2, 0.25) is 0 Å². The van der Waals surface area contributed by atoms with Gasteiger partial charge in [-0.15, -0.1) is 0 Å². The summed E-state index contributed by atoms with van der Waals surface area (Å²) in [5.41, 5.74) is 0.850. The Morgan fingerprint density at radius 1 is 0.909 bits per heavy atom. The minimum absolute atomic E-state index is 0.0823. The number of fused-ring (bicyclic) bond motifs is 4. The van der Waals surface area contributed by atoms with Gasteiger partial charge >= 0.3 is 7.80 Å². The van der Waals surface area contributed by atoms with Crippen molar-refractivity contribution >= 4 is 23.9 Å². The lowest BCUT2D eigenvalue weighted by Gasteiger charge is -2.18. The van der Waals surface area contributed by atoms with Gasteiger partial charge < -0.3 is 10.2 Å². The topological polar surface area (TPSA) is 57.5 Å². The average Bonchev–Trinajstić information content (AvgIpc) is 2.77. The second-order valence-corrected chi connectivity index (χ2v) is 8.26. The molecule has 1 aliphatic heterocycles. The molecule has 3 unspecified atom stereocenters. The van der Waals surface area contributed by atoms with Gasteiger partial charge in [-0.2, -0.15) is 0 Å². The smallest absolute Gasteiger partial charge is 0.385 e. The van der Waals surface area contributed by atoms with Gasteiger partial charge in [-0.05, 0) is 19.3 Å². The van der Waals surface area contributed by atoms with E-state index in [9.17, 15) is 14.8 Å². The first-order valence-corrected chi connectivity index (χ1v) is 9.46. The molecular formula is C18H20O3P+. The molecule has 2 aromatic rings. The molecule has 0 radical (unpaired) electrons. The zero-order chi connectivity index (χ0) is 15.3. The Morgan fingerprint density at radius 3 is 2.27 bits per heavy atom. The minimum atomic E-state index is -1.64. The van der Waals surface area contributed by atoms with Crippen LogP contribution < -0.4 is 5.30 Å². The molecule has 0 amide bonds. The maximum Gasteiger partial charge on any atom is 0.385 e. The zero-order valence-electron chi connectivity index (χ0n) is 12.5. The summed E-state index contributed by atoms with van der Waals surface area (Å²) in [6.07, 6.45) is 6.50. The quantitative estimate of drug-likeness (QED) is 0.555. The molecule has 1 heterocycles. The lowest BCUT2D eigenvalue weighted by Crippen LogP contribution is -2.13. The molecule has 1 saturated carbocycles. The molecule has 22 heavy (non-hydrogen) atoms. The molecule has 0 bridgehead atoms. The minimum Gasteiger partial charge on any atom is -0.507 e. The molecule has 1 fully saturated rings. The fourth-order valence-corrected chi connectivity index (χ4v) is 6.44. The van der Waals surface area contributed by atoms with Crippen LogP contribution >= 0.6 is 7.80 Å². The van der Waals surface area contributed by atoms with Crippen molar-refractivity contribution in [2.75, 3.05) is 0 Å². The second-order valence-electron chi connectivity index (χ2n) is 6.50. The van der Waals surface area contributed by atoms with Gasteiger partial charge in [0.1, 0.15) is 5.75 Å². The number of hydrogen-bond donors (Lipinski definition) is 2. The predicted molar refractivity (Wildman–Crippen MR) is 88.7 cm³/mol. The fourth-order valence-electron chi connectivity index (χ4n) is 4.23. The van der Waals surface area contributed by atoms with E-state index in [0.29, 0.717) is 16.1 Å². The van der Waals surface area contributed by atoms with Crippen LogP contribution in [0.5, 0.6) is 11.5 Å². The van der Waals surface area contributed by atoms with Crippen LogP contribution in [-0.2, 0) is 4.57 Å². The summed E-state index contributed by atoms with van der Waals surface area (Å²) >= 11 is 0. The SMILES string of the molecule is O=[P+]1c2c(c(O)c3ccccc3c2O)C2CCCCCCC21. The Balaban J connectivity index is 1.99. The van der Waals surface area contributed by atoms with E-state index in [4.69, 9.17) is 0 Å². The molecule has 114 valence electrons. The number of phenols is 2. The van der Waals surface area contributed by atoms with E-state index >= 15 is 0 Å². The molecular weight excluding hydrogens is 295 g/mol. The first kappa shape index (κ1) is 14.0. The highest BCUT2D eigenvalue weighted by Crippen LogP contribution is 2.57. The van der Waals surface area contributed by atoms with E-state index in [1.165, 1.54) is 12.8 Å². The van der Waals surface area contributed by atoms with E-state index in [2.05, 4.69) is 0 Å². The Labute approximate surface area is 130 Å². The third-order valence-corrected chi connectivity index (χ3v) is 7.41. The van der Waals surface area contributed by atoms with Crippen LogP contribution in [-0.4, -0.2) is 15.9 Å². The normalized spacial score (nSPS) is 26.3. The first-order chi connectivity index (χ1) is 10.7. The molecule has 4 heteroatoms. The van der Waals surface area contributed by atoms with Crippen molar-refractivity contribution < 1.29 is 14.8 Å². The summed E-state index contributed by atoms with van der Waals surface area (Å²) in [4.78, 5) is 0. The summed E-state index contributed by atoms with van der Waals surface area (Å²) in [6, 6.07) is 7.31. The number of aromatic hydroxyl groups is 2. The highest BCUT2D eigenvalue weighted by Gasteiger charge is 2.53. The summed E-state index contributed by atoms with van der Waals surface area (Å²) in [5.74, 6) is 0.491. The van der Waals surface area contributed by atoms with Crippen molar-refractivity contribution in [2.45, 2.75) is 50.1 Å². The Kier molecular flexibility index (Phi) is 3.34. The third kappa shape index (κ3) is 1.88.